The predicted octanol–water partition coefficient (Wildman–Crippen LogP) is 0.791. The molecule has 2 N–H and O–H groups in total. The second-order valence-electron chi connectivity index (χ2n) is 5.02. The van der Waals surface area contributed by atoms with Gasteiger partial charge in [0, 0.05) is 39.6 Å². The molecule has 0 saturated heterocycles. The van der Waals surface area contributed by atoms with Gasteiger partial charge in [0.15, 0.2) is 5.96 Å². The minimum Gasteiger partial charge on any atom is -0.385 e. The summed E-state index contributed by atoms with van der Waals surface area (Å²) in [7, 11) is 0.518. The van der Waals surface area contributed by atoms with E-state index in [0.29, 0.717) is 6.42 Å². The highest BCUT2D eigenvalue weighted by molar-refractivity contribution is 7.90. The van der Waals surface area contributed by atoms with Gasteiger partial charge in [-0.2, -0.15) is 0 Å². The molecule has 20 heavy (non-hydrogen) atoms. The number of sulfone groups is 1. The molecule has 1 unspecified atom stereocenters. The third kappa shape index (κ3) is 12.2. The van der Waals surface area contributed by atoms with E-state index in [0.717, 1.165) is 38.4 Å². The average molecular weight is 307 g/mol. The van der Waals surface area contributed by atoms with Crippen LogP contribution in [-0.2, 0) is 14.6 Å². The van der Waals surface area contributed by atoms with Crippen molar-refractivity contribution < 1.29 is 13.2 Å². The summed E-state index contributed by atoms with van der Waals surface area (Å²) in [5.41, 5.74) is 0. The zero-order valence-corrected chi connectivity index (χ0v) is 13.9. The van der Waals surface area contributed by atoms with Gasteiger partial charge in [-0.3, -0.25) is 4.99 Å². The number of ether oxygens (including phenoxy) is 1. The molecule has 0 amide bonds. The first-order valence-corrected chi connectivity index (χ1v) is 9.09. The topological polar surface area (TPSA) is 79.8 Å². The molecule has 0 radical (unpaired) electrons. The largest absolute Gasteiger partial charge is 0.385 e. The Hall–Kier alpha value is -0.820. The van der Waals surface area contributed by atoms with Crippen molar-refractivity contribution in [2.75, 3.05) is 39.3 Å². The molecule has 120 valence electrons. The van der Waals surface area contributed by atoms with E-state index in [1.165, 1.54) is 6.26 Å². The second-order valence-corrected chi connectivity index (χ2v) is 7.28. The fraction of sp³-hybridized carbons (Fsp3) is 0.923. The van der Waals surface area contributed by atoms with Crippen LogP contribution in [0.5, 0.6) is 0 Å². The lowest BCUT2D eigenvalue weighted by atomic mass is 10.2. The average Bonchev–Trinajstić information content (AvgIpc) is 2.38. The summed E-state index contributed by atoms with van der Waals surface area (Å²) in [6, 6.07) is 0.0735. The Morgan fingerprint density at radius 2 is 2.00 bits per heavy atom. The van der Waals surface area contributed by atoms with Crippen molar-refractivity contribution >= 4 is 15.8 Å². The maximum atomic E-state index is 11.1. The molecule has 0 heterocycles. The van der Waals surface area contributed by atoms with Crippen LogP contribution in [0.1, 0.15) is 32.6 Å². The normalized spacial score (nSPS) is 14.1. The molecular formula is C13H29N3O3S. The molecule has 0 aliphatic carbocycles. The fourth-order valence-corrected chi connectivity index (χ4v) is 2.43. The summed E-state index contributed by atoms with van der Waals surface area (Å²) in [6.45, 7) is 3.61. The third-order valence-corrected chi connectivity index (χ3v) is 3.82. The smallest absolute Gasteiger partial charge is 0.191 e. The first-order chi connectivity index (χ1) is 9.39. The number of aliphatic imine (C=N–C) groups is 1. The lowest BCUT2D eigenvalue weighted by Crippen LogP contribution is -2.43. The summed E-state index contributed by atoms with van der Waals surface area (Å²) in [5, 5.41) is 6.41. The van der Waals surface area contributed by atoms with Gasteiger partial charge in [-0.15, -0.1) is 0 Å². The molecule has 0 saturated carbocycles. The monoisotopic (exact) mass is 307 g/mol. The Morgan fingerprint density at radius 3 is 2.55 bits per heavy atom. The van der Waals surface area contributed by atoms with Crippen LogP contribution in [0.15, 0.2) is 4.99 Å². The van der Waals surface area contributed by atoms with Gasteiger partial charge in [0.1, 0.15) is 9.84 Å². The Kier molecular flexibility index (Phi) is 10.5. The quantitative estimate of drug-likeness (QED) is 0.354. The summed E-state index contributed by atoms with van der Waals surface area (Å²) in [6.07, 6.45) is 5.07. The molecule has 0 spiro atoms. The van der Waals surface area contributed by atoms with E-state index in [1.807, 2.05) is 6.92 Å². The van der Waals surface area contributed by atoms with Gasteiger partial charge >= 0.3 is 0 Å². The van der Waals surface area contributed by atoms with Gasteiger partial charge in [0.25, 0.3) is 0 Å². The first-order valence-electron chi connectivity index (χ1n) is 7.03. The molecule has 0 bridgehead atoms. The number of nitrogens with one attached hydrogen (secondary N) is 2. The number of nitrogens with zero attached hydrogens (tertiary/aromatic N) is 1. The number of methoxy groups -OCH3 is 1. The van der Waals surface area contributed by atoms with Crippen molar-refractivity contribution in [1.29, 1.82) is 0 Å². The lowest BCUT2D eigenvalue weighted by molar-refractivity contribution is 0.192. The van der Waals surface area contributed by atoms with Crippen molar-refractivity contribution in [3.8, 4) is 0 Å². The maximum Gasteiger partial charge on any atom is 0.191 e. The molecule has 1 atom stereocenters. The van der Waals surface area contributed by atoms with E-state index in [-0.39, 0.29) is 11.8 Å². The molecule has 0 aromatic carbocycles. The summed E-state index contributed by atoms with van der Waals surface area (Å²) in [4.78, 5) is 4.13. The number of unbranched alkanes of at least 4 members (excludes halogenated alkanes) is 2. The van der Waals surface area contributed by atoms with Crippen LogP contribution in [0.2, 0.25) is 0 Å². The fourth-order valence-electron chi connectivity index (χ4n) is 1.65. The van der Waals surface area contributed by atoms with Crippen LogP contribution in [0.4, 0.5) is 0 Å². The van der Waals surface area contributed by atoms with Gasteiger partial charge in [-0.05, 0) is 32.6 Å². The van der Waals surface area contributed by atoms with Crippen LogP contribution >= 0.6 is 0 Å². The molecule has 0 aromatic heterocycles. The third-order valence-electron chi connectivity index (χ3n) is 2.85. The highest BCUT2D eigenvalue weighted by Crippen LogP contribution is 1.96. The number of rotatable bonds is 10. The number of hydrogen-bond donors (Lipinski definition) is 2. The highest BCUT2D eigenvalue weighted by atomic mass is 32.2. The lowest BCUT2D eigenvalue weighted by Gasteiger charge is -2.17. The molecule has 0 fully saturated rings. The van der Waals surface area contributed by atoms with E-state index in [1.54, 1.807) is 14.2 Å². The molecule has 0 aromatic rings. The van der Waals surface area contributed by atoms with Crippen LogP contribution < -0.4 is 10.6 Å². The van der Waals surface area contributed by atoms with E-state index in [2.05, 4.69) is 15.6 Å². The van der Waals surface area contributed by atoms with Crippen molar-refractivity contribution in [2.24, 2.45) is 4.99 Å². The first kappa shape index (κ1) is 19.2. The van der Waals surface area contributed by atoms with Crippen molar-refractivity contribution in [3.05, 3.63) is 0 Å². The van der Waals surface area contributed by atoms with E-state index in [4.69, 9.17) is 4.74 Å². The molecule has 0 aliphatic heterocycles. The molecular weight excluding hydrogens is 278 g/mol. The van der Waals surface area contributed by atoms with Crippen molar-refractivity contribution in [2.45, 2.75) is 38.6 Å². The Balaban J connectivity index is 3.81. The van der Waals surface area contributed by atoms with Gasteiger partial charge in [-0.1, -0.05) is 0 Å². The minimum absolute atomic E-state index is 0.0735. The van der Waals surface area contributed by atoms with Crippen molar-refractivity contribution in [1.82, 2.24) is 10.6 Å². The Labute approximate surface area is 123 Å². The van der Waals surface area contributed by atoms with Gasteiger partial charge in [0.05, 0.1) is 5.75 Å². The van der Waals surface area contributed by atoms with Crippen molar-refractivity contribution in [3.63, 3.8) is 0 Å². The van der Waals surface area contributed by atoms with E-state index in [9.17, 15) is 8.42 Å². The second kappa shape index (κ2) is 10.9. The maximum absolute atomic E-state index is 11.1. The summed E-state index contributed by atoms with van der Waals surface area (Å²) >= 11 is 0. The van der Waals surface area contributed by atoms with Crippen LogP contribution in [0.25, 0.3) is 0 Å². The number of guanidine groups is 1. The Bertz CT molecular complexity index is 369. The van der Waals surface area contributed by atoms with Crippen LogP contribution in [0, 0.1) is 0 Å². The summed E-state index contributed by atoms with van der Waals surface area (Å²) < 4.78 is 27.2. The number of hydrogen-bond acceptors (Lipinski definition) is 4. The SMILES string of the molecule is CN=C(NCCCCCOC)NC(C)CCS(C)(=O)=O. The minimum atomic E-state index is -2.90. The Morgan fingerprint density at radius 1 is 1.30 bits per heavy atom. The van der Waals surface area contributed by atoms with E-state index < -0.39 is 9.84 Å². The molecule has 0 aliphatic rings. The molecule has 0 rings (SSSR count). The predicted molar refractivity (Wildman–Crippen MR) is 84.0 cm³/mol. The van der Waals surface area contributed by atoms with E-state index >= 15 is 0 Å². The van der Waals surface area contributed by atoms with Crippen LogP contribution in [0.3, 0.4) is 0 Å². The van der Waals surface area contributed by atoms with Gasteiger partial charge < -0.3 is 15.4 Å². The summed E-state index contributed by atoms with van der Waals surface area (Å²) in [5.74, 6) is 0.910. The highest BCUT2D eigenvalue weighted by Gasteiger charge is 2.09. The molecule has 7 heteroatoms. The zero-order chi connectivity index (χ0) is 15.4. The van der Waals surface area contributed by atoms with Crippen LogP contribution in [-0.4, -0.2) is 59.7 Å². The zero-order valence-electron chi connectivity index (χ0n) is 13.1. The standard InChI is InChI=1S/C13H29N3O3S/c1-12(8-11-20(4,17)18)16-13(14-2)15-9-6-5-7-10-19-3/h12H,5-11H2,1-4H3,(H2,14,15,16). The van der Waals surface area contributed by atoms with Gasteiger partial charge in [0.2, 0.25) is 0 Å². The molecule has 6 nitrogen and oxygen atoms in total. The van der Waals surface area contributed by atoms with Gasteiger partial charge in [-0.25, -0.2) is 8.42 Å².